The highest BCUT2D eigenvalue weighted by Gasteiger charge is 2.20. The third-order valence-corrected chi connectivity index (χ3v) is 4.58. The van der Waals surface area contributed by atoms with Crippen molar-refractivity contribution in [3.8, 4) is 11.3 Å². The Morgan fingerprint density at radius 1 is 0.871 bits per heavy atom. The first-order chi connectivity index (χ1) is 15.1. The van der Waals surface area contributed by atoms with E-state index in [0.29, 0.717) is 16.9 Å². The van der Waals surface area contributed by atoms with E-state index in [9.17, 15) is 14.0 Å². The molecule has 0 saturated heterocycles. The highest BCUT2D eigenvalue weighted by atomic mass is 19.1. The zero-order chi connectivity index (χ0) is 21.6. The molecule has 6 heteroatoms. The van der Waals surface area contributed by atoms with Crippen molar-refractivity contribution in [2.75, 3.05) is 5.32 Å². The summed E-state index contributed by atoms with van der Waals surface area (Å²) in [7, 11) is 0. The van der Waals surface area contributed by atoms with Crippen LogP contribution < -0.4 is 11.0 Å². The largest absolute Gasteiger partial charge is 0.345 e. The number of amides is 1. The molecule has 5 nitrogen and oxygen atoms in total. The SMILES string of the molecule is O=C(Nc1ccccc1)c1c(-c2ccc(F)cc2)nc(=O)[nH]c1/C=C/c1ccccc1. The van der Waals surface area contributed by atoms with Crippen LogP contribution in [0.1, 0.15) is 21.6 Å². The predicted octanol–water partition coefficient (Wildman–Crippen LogP) is 5.00. The zero-order valence-corrected chi connectivity index (χ0v) is 16.4. The summed E-state index contributed by atoms with van der Waals surface area (Å²) in [4.78, 5) is 32.2. The van der Waals surface area contributed by atoms with E-state index in [-0.39, 0.29) is 11.3 Å². The van der Waals surface area contributed by atoms with Crippen LogP contribution in [0.5, 0.6) is 0 Å². The molecule has 0 spiro atoms. The van der Waals surface area contributed by atoms with Gasteiger partial charge in [-0.05, 0) is 48.0 Å². The Bertz CT molecular complexity index is 1280. The van der Waals surface area contributed by atoms with E-state index in [0.717, 1.165) is 5.56 Å². The molecule has 0 bridgehead atoms. The van der Waals surface area contributed by atoms with Gasteiger partial charge in [-0.3, -0.25) is 4.79 Å². The molecule has 0 unspecified atom stereocenters. The molecule has 0 aliphatic heterocycles. The second-order valence-corrected chi connectivity index (χ2v) is 6.75. The van der Waals surface area contributed by atoms with Gasteiger partial charge in [0.25, 0.3) is 5.91 Å². The van der Waals surface area contributed by atoms with Crippen molar-refractivity contribution >= 4 is 23.7 Å². The van der Waals surface area contributed by atoms with E-state index in [1.54, 1.807) is 36.4 Å². The molecule has 0 fully saturated rings. The maximum absolute atomic E-state index is 13.4. The van der Waals surface area contributed by atoms with Crippen LogP contribution in [-0.4, -0.2) is 15.9 Å². The van der Waals surface area contributed by atoms with Crippen molar-refractivity contribution < 1.29 is 9.18 Å². The fraction of sp³-hybridized carbons (Fsp3) is 0. The van der Waals surface area contributed by atoms with Gasteiger partial charge in [0, 0.05) is 11.3 Å². The van der Waals surface area contributed by atoms with Crippen LogP contribution in [0, 0.1) is 5.82 Å². The van der Waals surface area contributed by atoms with Gasteiger partial charge in [0.2, 0.25) is 0 Å². The number of anilines is 1. The number of rotatable bonds is 5. The van der Waals surface area contributed by atoms with Crippen LogP contribution in [-0.2, 0) is 0 Å². The fourth-order valence-electron chi connectivity index (χ4n) is 3.12. The van der Waals surface area contributed by atoms with Gasteiger partial charge in [0.15, 0.2) is 0 Å². The number of aromatic amines is 1. The summed E-state index contributed by atoms with van der Waals surface area (Å²) in [6.07, 6.45) is 3.45. The Kier molecular flexibility index (Phi) is 5.80. The second kappa shape index (κ2) is 9.00. The van der Waals surface area contributed by atoms with E-state index >= 15 is 0 Å². The summed E-state index contributed by atoms with van der Waals surface area (Å²) in [6.45, 7) is 0. The third-order valence-electron chi connectivity index (χ3n) is 4.58. The van der Waals surface area contributed by atoms with E-state index in [2.05, 4.69) is 15.3 Å². The molecule has 1 amide bonds. The standard InChI is InChI=1S/C25H18FN3O2/c26-19-14-12-18(13-15-19)23-22(24(30)27-20-9-5-2-6-10-20)21(28-25(31)29-23)16-11-17-7-3-1-4-8-17/h1-16H,(H,27,30)(H,28,29,31)/b16-11+. The van der Waals surface area contributed by atoms with Gasteiger partial charge in [-0.25, -0.2) is 9.18 Å². The average molecular weight is 411 g/mol. The van der Waals surface area contributed by atoms with E-state index < -0.39 is 17.4 Å². The number of aromatic nitrogens is 2. The fourth-order valence-corrected chi connectivity index (χ4v) is 3.12. The minimum atomic E-state index is -0.608. The van der Waals surface area contributed by atoms with E-state index in [4.69, 9.17) is 0 Å². The molecule has 152 valence electrons. The third kappa shape index (κ3) is 4.82. The lowest BCUT2D eigenvalue weighted by Crippen LogP contribution is -2.22. The number of carbonyl (C=O) groups is 1. The Morgan fingerprint density at radius 2 is 1.52 bits per heavy atom. The highest BCUT2D eigenvalue weighted by molar-refractivity contribution is 6.10. The summed E-state index contributed by atoms with van der Waals surface area (Å²) in [5.74, 6) is -0.866. The van der Waals surface area contributed by atoms with Gasteiger partial charge >= 0.3 is 5.69 Å². The van der Waals surface area contributed by atoms with Crippen LogP contribution in [0.25, 0.3) is 23.4 Å². The molecule has 1 heterocycles. The van der Waals surface area contributed by atoms with E-state index in [1.165, 1.54) is 24.3 Å². The lowest BCUT2D eigenvalue weighted by Gasteiger charge is -2.12. The molecule has 4 rings (SSSR count). The Labute approximate surface area is 177 Å². The molecule has 4 aromatic rings. The van der Waals surface area contributed by atoms with Gasteiger partial charge in [0.05, 0.1) is 17.0 Å². The van der Waals surface area contributed by atoms with Gasteiger partial charge in [-0.15, -0.1) is 0 Å². The molecular formula is C25H18FN3O2. The number of hydrogen-bond acceptors (Lipinski definition) is 3. The minimum absolute atomic E-state index is 0.171. The number of benzene rings is 3. The second-order valence-electron chi connectivity index (χ2n) is 6.75. The van der Waals surface area contributed by atoms with Crippen molar-refractivity contribution in [1.29, 1.82) is 0 Å². The number of nitrogens with one attached hydrogen (secondary N) is 2. The zero-order valence-electron chi connectivity index (χ0n) is 16.4. The molecule has 0 radical (unpaired) electrons. The minimum Gasteiger partial charge on any atom is -0.322 e. The Morgan fingerprint density at radius 3 is 2.19 bits per heavy atom. The van der Waals surface area contributed by atoms with Crippen LogP contribution in [0.15, 0.2) is 89.7 Å². The molecule has 0 atom stereocenters. The maximum Gasteiger partial charge on any atom is 0.345 e. The van der Waals surface area contributed by atoms with E-state index in [1.807, 2.05) is 36.4 Å². The first kappa shape index (κ1) is 20.0. The summed E-state index contributed by atoms with van der Waals surface area (Å²) in [5, 5.41) is 2.83. The Hall–Kier alpha value is -4.32. The quantitative estimate of drug-likeness (QED) is 0.485. The summed E-state index contributed by atoms with van der Waals surface area (Å²) in [6, 6.07) is 23.9. The normalized spacial score (nSPS) is 10.9. The molecule has 0 aliphatic carbocycles. The lowest BCUT2D eigenvalue weighted by molar-refractivity contribution is 0.102. The van der Waals surface area contributed by atoms with Crippen molar-refractivity contribution in [2.24, 2.45) is 0 Å². The number of halogens is 1. The number of para-hydroxylation sites is 1. The smallest absolute Gasteiger partial charge is 0.322 e. The number of carbonyl (C=O) groups excluding carboxylic acids is 1. The first-order valence-corrected chi connectivity index (χ1v) is 9.60. The van der Waals surface area contributed by atoms with Gasteiger partial charge in [-0.2, -0.15) is 4.98 Å². The van der Waals surface area contributed by atoms with Crippen LogP contribution in [0.2, 0.25) is 0 Å². The summed E-state index contributed by atoms with van der Waals surface area (Å²) < 4.78 is 13.4. The predicted molar refractivity (Wildman–Crippen MR) is 120 cm³/mol. The maximum atomic E-state index is 13.4. The topological polar surface area (TPSA) is 74.8 Å². The van der Waals surface area contributed by atoms with Gasteiger partial charge < -0.3 is 10.3 Å². The van der Waals surface area contributed by atoms with Gasteiger partial charge in [0.1, 0.15) is 5.82 Å². The van der Waals surface area contributed by atoms with Crippen molar-refractivity contribution in [2.45, 2.75) is 0 Å². The van der Waals surface area contributed by atoms with Crippen molar-refractivity contribution in [1.82, 2.24) is 9.97 Å². The molecule has 31 heavy (non-hydrogen) atoms. The van der Waals surface area contributed by atoms with Crippen LogP contribution >= 0.6 is 0 Å². The van der Waals surface area contributed by atoms with Crippen molar-refractivity contribution in [3.63, 3.8) is 0 Å². The Balaban J connectivity index is 1.85. The average Bonchev–Trinajstić information content (AvgIpc) is 2.79. The van der Waals surface area contributed by atoms with Crippen LogP contribution in [0.3, 0.4) is 0 Å². The molecular weight excluding hydrogens is 393 g/mol. The number of H-pyrrole nitrogens is 1. The molecule has 3 aromatic carbocycles. The molecule has 0 aliphatic rings. The number of nitrogens with zero attached hydrogens (tertiary/aromatic N) is 1. The molecule has 1 aromatic heterocycles. The van der Waals surface area contributed by atoms with Crippen LogP contribution in [0.4, 0.5) is 10.1 Å². The molecule has 0 saturated carbocycles. The first-order valence-electron chi connectivity index (χ1n) is 9.60. The summed E-state index contributed by atoms with van der Waals surface area (Å²) >= 11 is 0. The molecule has 2 N–H and O–H groups in total. The highest BCUT2D eigenvalue weighted by Crippen LogP contribution is 2.25. The number of hydrogen-bond donors (Lipinski definition) is 2. The van der Waals surface area contributed by atoms with Crippen molar-refractivity contribution in [3.05, 3.63) is 118 Å². The summed E-state index contributed by atoms with van der Waals surface area (Å²) in [5.41, 5.74) is 2.01. The monoisotopic (exact) mass is 411 g/mol. The lowest BCUT2D eigenvalue weighted by atomic mass is 10.0. The van der Waals surface area contributed by atoms with Gasteiger partial charge in [-0.1, -0.05) is 54.6 Å².